The third-order valence-electron chi connectivity index (χ3n) is 8.06. The second kappa shape index (κ2) is 11.5. The molecule has 2 aliphatic rings. The van der Waals surface area contributed by atoms with E-state index >= 15 is 0 Å². The van der Waals surface area contributed by atoms with Crippen molar-refractivity contribution in [2.75, 3.05) is 31.5 Å². The number of amides is 4. The molecule has 2 fully saturated rings. The predicted octanol–water partition coefficient (Wildman–Crippen LogP) is 3.84. The Morgan fingerprint density at radius 2 is 1.07 bits per heavy atom. The van der Waals surface area contributed by atoms with Crippen LogP contribution in [0.5, 0.6) is 23.0 Å². The summed E-state index contributed by atoms with van der Waals surface area (Å²) in [4.78, 5) is 52.3. The average molecular weight is 605 g/mol. The molecule has 0 radical (unpaired) electrons. The molecular weight excluding hydrogens is 567 g/mol. The maximum atomic E-state index is 12.9. The maximum absolute atomic E-state index is 12.9. The van der Waals surface area contributed by atoms with Gasteiger partial charge in [0.15, 0.2) is 7.12 Å². The van der Waals surface area contributed by atoms with Crippen LogP contribution in [-0.2, 0) is 19.2 Å². The Kier molecular flexibility index (Phi) is 8.61. The van der Waals surface area contributed by atoms with Crippen molar-refractivity contribution in [1.29, 1.82) is 0 Å². The van der Waals surface area contributed by atoms with Crippen molar-refractivity contribution in [2.45, 2.75) is 56.2 Å². The number of rotatable bonds is 10. The molecule has 222 valence electrons. The smallest absolute Gasteiger partial charge is 0.238 e. The molecule has 0 saturated carbocycles. The van der Waals surface area contributed by atoms with Gasteiger partial charge in [-0.1, -0.05) is 20.8 Å². The number of carbonyl (C=O) groups excluding carboxylic acids is 4. The van der Waals surface area contributed by atoms with Crippen LogP contribution in [0.4, 0.5) is 0 Å². The van der Waals surface area contributed by atoms with Crippen LogP contribution in [0.15, 0.2) is 34.1 Å². The molecule has 4 rings (SSSR count). The molecule has 0 aromatic heterocycles. The Labute approximate surface area is 244 Å². The molecule has 2 N–H and O–H groups in total. The summed E-state index contributed by atoms with van der Waals surface area (Å²) in [6.07, 6.45) is 0.490. The number of carbonyl (C=O) groups is 4. The number of methoxy groups -OCH3 is 2. The zero-order chi connectivity index (χ0) is 30.3. The summed E-state index contributed by atoms with van der Waals surface area (Å²) >= 11 is 0. The second-order valence-corrected chi connectivity index (χ2v) is 17.0. The van der Waals surface area contributed by atoms with E-state index in [0.717, 1.165) is 0 Å². The first kappa shape index (κ1) is 30.6. The van der Waals surface area contributed by atoms with Gasteiger partial charge in [-0.25, -0.2) is 8.61 Å². The molecule has 2 aromatic rings. The predicted molar refractivity (Wildman–Crippen MR) is 162 cm³/mol. The van der Waals surface area contributed by atoms with Gasteiger partial charge in [-0.15, -0.1) is 10.2 Å². The van der Waals surface area contributed by atoms with Crippen LogP contribution in [0.2, 0.25) is 0 Å². The highest BCUT2D eigenvalue weighted by molar-refractivity contribution is 8.49. The highest BCUT2D eigenvalue weighted by Crippen LogP contribution is 2.67. The van der Waals surface area contributed by atoms with E-state index in [2.05, 4.69) is 0 Å². The van der Waals surface area contributed by atoms with Gasteiger partial charge in [-0.2, -0.15) is 10.1 Å². The van der Waals surface area contributed by atoms with Gasteiger partial charge in [0.1, 0.15) is 23.0 Å². The van der Waals surface area contributed by atoms with Gasteiger partial charge >= 0.3 is 0 Å². The van der Waals surface area contributed by atoms with Crippen LogP contribution in [0.1, 0.15) is 46.5 Å². The van der Waals surface area contributed by atoms with Crippen molar-refractivity contribution in [3.8, 4) is 34.1 Å². The minimum atomic E-state index is -2.31. The van der Waals surface area contributed by atoms with Crippen LogP contribution in [0.25, 0.3) is 11.1 Å². The van der Waals surface area contributed by atoms with Crippen LogP contribution in [0, 0.1) is 0 Å². The molecule has 10 nitrogen and oxygen atoms in total. The molecule has 2 aromatic carbocycles. The third kappa shape index (κ3) is 4.63. The third-order valence-corrected chi connectivity index (χ3v) is 15.8. The molecule has 0 bridgehead atoms. The highest BCUT2D eigenvalue weighted by Gasteiger charge is 2.45. The lowest BCUT2D eigenvalue weighted by atomic mass is 10.0. The van der Waals surface area contributed by atoms with Crippen molar-refractivity contribution in [3.05, 3.63) is 24.3 Å². The lowest BCUT2D eigenvalue weighted by molar-refractivity contribution is -0.133. The fourth-order valence-corrected chi connectivity index (χ4v) is 12.0. The molecule has 1 unspecified atom stereocenters. The first-order valence-electron chi connectivity index (χ1n) is 13.5. The van der Waals surface area contributed by atoms with Gasteiger partial charge in [0.2, 0.25) is 23.6 Å². The van der Waals surface area contributed by atoms with Crippen molar-refractivity contribution >= 4 is 51.0 Å². The molecule has 2 aliphatic heterocycles. The summed E-state index contributed by atoms with van der Waals surface area (Å²) in [6, 6.07) is 6.61. The highest BCUT2D eigenvalue weighted by atomic mass is 32.3. The number of benzene rings is 2. The number of aromatic hydroxyl groups is 2. The van der Waals surface area contributed by atoms with E-state index in [1.807, 2.05) is 20.8 Å². The van der Waals surface area contributed by atoms with E-state index in [1.54, 1.807) is 31.4 Å². The molecular formula is C28H37BN2O8S2. The zero-order valence-corrected chi connectivity index (χ0v) is 25.9. The van der Waals surface area contributed by atoms with Crippen LogP contribution in [0.3, 0.4) is 0 Å². The maximum Gasteiger partial charge on any atom is 0.238 e. The molecule has 0 spiro atoms. The molecule has 2 saturated heterocycles. The van der Waals surface area contributed by atoms with Crippen molar-refractivity contribution in [2.24, 2.45) is 0 Å². The molecule has 1 atom stereocenters. The SMILES string of the molecule is BS(CC)(c1ccc(OC)c(-c2c(OC)ccc(S(CC)(CC)N3C(=O)CCC3=O)c2O)c1O)N1C(=O)CCC1=O. The summed E-state index contributed by atoms with van der Waals surface area (Å²) in [5.41, 5.74) is 0.267. The molecule has 0 aliphatic carbocycles. The largest absolute Gasteiger partial charge is 0.506 e. The number of imide groups is 2. The summed E-state index contributed by atoms with van der Waals surface area (Å²) in [6.45, 7) is 5.64. The van der Waals surface area contributed by atoms with Gasteiger partial charge in [0, 0.05) is 30.6 Å². The fraction of sp³-hybridized carbons (Fsp3) is 0.429. The van der Waals surface area contributed by atoms with Crippen molar-refractivity contribution in [3.63, 3.8) is 0 Å². The number of phenolic OH excluding ortho intramolecular Hbond substituents is 2. The van der Waals surface area contributed by atoms with Gasteiger partial charge in [-0.3, -0.25) is 19.2 Å². The minimum absolute atomic E-state index is 0.120. The molecule has 13 heteroatoms. The van der Waals surface area contributed by atoms with Crippen molar-refractivity contribution in [1.82, 2.24) is 8.61 Å². The quantitative estimate of drug-likeness (QED) is 0.309. The number of hydrogen-bond donors (Lipinski definition) is 2. The molecule has 2 heterocycles. The van der Waals surface area contributed by atoms with E-state index in [-0.39, 0.29) is 83.4 Å². The number of phenols is 2. The second-order valence-electron chi connectivity index (χ2n) is 9.89. The standard InChI is InChI=1S/C28H37BN2O8S2/c1-6-40(7-2,30-21(32)13-14-22(30)33)19-11-9-17(38-4)25(27(19)36)26-18(39-5)10-12-20(28(26)37)41(29,8-3)31-23(34)15-16-24(31)35/h9-12,36-37H,6-8,13-16,29H2,1-5H3. The Morgan fingerprint density at radius 1 is 0.683 bits per heavy atom. The Balaban J connectivity index is 2.04. The van der Waals surface area contributed by atoms with Gasteiger partial charge < -0.3 is 19.7 Å². The van der Waals surface area contributed by atoms with E-state index in [4.69, 9.17) is 9.47 Å². The number of hydrogen-bond acceptors (Lipinski definition) is 8. The Hall–Kier alpha value is -3.32. The summed E-state index contributed by atoms with van der Waals surface area (Å²) in [7, 11) is 0.0531. The summed E-state index contributed by atoms with van der Waals surface area (Å²) in [5.74, 6) is 0.151. The summed E-state index contributed by atoms with van der Waals surface area (Å²) < 4.78 is 13.9. The first-order valence-corrected chi connectivity index (χ1v) is 17.6. The monoisotopic (exact) mass is 604 g/mol. The van der Waals surface area contributed by atoms with Gasteiger partial charge in [0.25, 0.3) is 0 Å². The number of nitrogens with zero attached hydrogens (tertiary/aromatic N) is 2. The van der Waals surface area contributed by atoms with E-state index in [1.165, 1.54) is 22.8 Å². The Morgan fingerprint density at radius 3 is 1.46 bits per heavy atom. The molecule has 41 heavy (non-hydrogen) atoms. The summed E-state index contributed by atoms with van der Waals surface area (Å²) in [5, 5.41) is 23.9. The fourth-order valence-electron chi connectivity index (χ4n) is 5.80. The van der Waals surface area contributed by atoms with E-state index in [9.17, 15) is 29.4 Å². The topological polar surface area (TPSA) is 134 Å². The first-order chi connectivity index (χ1) is 19.5. The Bertz CT molecular complexity index is 1400. The zero-order valence-electron chi connectivity index (χ0n) is 24.3. The van der Waals surface area contributed by atoms with Crippen LogP contribution >= 0.6 is 20.3 Å². The molecule has 4 amide bonds. The van der Waals surface area contributed by atoms with Crippen LogP contribution in [-0.4, -0.2) is 81.1 Å². The van der Waals surface area contributed by atoms with Gasteiger partial charge in [0.05, 0.1) is 30.2 Å². The number of ether oxygens (including phenoxy) is 2. The lowest BCUT2D eigenvalue weighted by Gasteiger charge is -2.45. The van der Waals surface area contributed by atoms with Gasteiger partial charge in [-0.05, 0) is 41.5 Å². The van der Waals surface area contributed by atoms with Crippen LogP contribution < -0.4 is 9.47 Å². The normalized spacial score (nSPS) is 18.6. The van der Waals surface area contributed by atoms with Crippen molar-refractivity contribution < 1.29 is 38.9 Å². The van der Waals surface area contributed by atoms with E-state index < -0.39 is 20.3 Å². The van der Waals surface area contributed by atoms with E-state index in [0.29, 0.717) is 27.0 Å². The minimum Gasteiger partial charge on any atom is -0.506 e. The lowest BCUT2D eigenvalue weighted by Crippen LogP contribution is -2.35. The average Bonchev–Trinajstić information content (AvgIpc) is 3.49.